The normalized spacial score (nSPS) is 30.0. The van der Waals surface area contributed by atoms with Gasteiger partial charge in [0, 0.05) is 19.0 Å². The van der Waals surface area contributed by atoms with Gasteiger partial charge in [-0.2, -0.15) is 0 Å². The molecule has 0 unspecified atom stereocenters. The van der Waals surface area contributed by atoms with Crippen LogP contribution in [0.4, 0.5) is 0 Å². The predicted octanol–water partition coefficient (Wildman–Crippen LogP) is 1.87. The van der Waals surface area contributed by atoms with Crippen molar-refractivity contribution in [3.05, 3.63) is 35.9 Å². The summed E-state index contributed by atoms with van der Waals surface area (Å²) in [5.41, 5.74) is 0.882. The fraction of sp³-hybridized carbons (Fsp3) is 0.600. The van der Waals surface area contributed by atoms with Gasteiger partial charge in [0.25, 0.3) is 0 Å². The summed E-state index contributed by atoms with van der Waals surface area (Å²) in [5, 5.41) is 5.63. The summed E-state index contributed by atoms with van der Waals surface area (Å²) in [4.78, 5) is 52.3. The number of rotatable bonds is 7. The number of likely N-dealkylation sites (tertiary alicyclic amines) is 1. The topological polar surface area (TPSA) is 95.6 Å². The van der Waals surface area contributed by atoms with Gasteiger partial charge < -0.3 is 20.3 Å². The predicted molar refractivity (Wildman–Crippen MR) is 119 cm³/mol. The maximum absolute atomic E-state index is 13.5. The van der Waals surface area contributed by atoms with E-state index in [-0.39, 0.29) is 40.9 Å². The quantitative estimate of drug-likeness (QED) is 0.634. The van der Waals surface area contributed by atoms with Crippen LogP contribution in [0.5, 0.6) is 0 Å². The molecule has 2 heterocycles. The Balaban J connectivity index is 1.52. The zero-order chi connectivity index (χ0) is 23.0. The van der Waals surface area contributed by atoms with E-state index in [9.17, 15) is 19.2 Å². The fourth-order valence-corrected chi connectivity index (χ4v) is 6.10. The van der Waals surface area contributed by atoms with E-state index in [0.717, 1.165) is 12.0 Å². The number of nitrogens with one attached hydrogen (secondary N) is 2. The van der Waals surface area contributed by atoms with E-state index in [4.69, 9.17) is 0 Å². The summed E-state index contributed by atoms with van der Waals surface area (Å²) in [7, 11) is 0. The van der Waals surface area contributed by atoms with Crippen molar-refractivity contribution in [1.82, 2.24) is 15.5 Å². The summed E-state index contributed by atoms with van der Waals surface area (Å²) in [6, 6.07) is 8.27. The van der Waals surface area contributed by atoms with Crippen molar-refractivity contribution in [1.29, 1.82) is 0 Å². The lowest BCUT2D eigenvalue weighted by molar-refractivity contribution is -0.142. The Morgan fingerprint density at radius 1 is 1.28 bits per heavy atom. The van der Waals surface area contributed by atoms with Crippen molar-refractivity contribution in [2.45, 2.75) is 58.0 Å². The molecule has 7 nitrogen and oxygen atoms in total. The van der Waals surface area contributed by atoms with Crippen molar-refractivity contribution >= 4 is 24.0 Å². The molecule has 2 aliphatic heterocycles. The molecule has 3 amide bonds. The second-order valence-electron chi connectivity index (χ2n) is 10.3. The van der Waals surface area contributed by atoms with Crippen LogP contribution in [-0.2, 0) is 19.2 Å². The maximum atomic E-state index is 13.5. The highest BCUT2D eigenvalue weighted by atomic mass is 16.2. The van der Waals surface area contributed by atoms with Crippen molar-refractivity contribution < 1.29 is 19.2 Å². The number of carbonyl (C=O) groups is 4. The molecular weight excluding hydrogens is 406 g/mol. The molecule has 0 radical (unpaired) electrons. The van der Waals surface area contributed by atoms with Crippen LogP contribution >= 0.6 is 0 Å². The first-order valence-corrected chi connectivity index (χ1v) is 11.6. The first-order chi connectivity index (χ1) is 15.2. The lowest BCUT2D eigenvalue weighted by atomic mass is 9.55. The Kier molecular flexibility index (Phi) is 6.10. The van der Waals surface area contributed by atoms with Gasteiger partial charge in [-0.1, -0.05) is 44.2 Å². The molecule has 1 saturated carbocycles. The minimum Gasteiger partial charge on any atom is -0.356 e. The third-order valence-electron chi connectivity index (χ3n) is 7.72. The molecule has 1 aromatic carbocycles. The number of amides is 3. The summed E-state index contributed by atoms with van der Waals surface area (Å²) >= 11 is 0. The fourth-order valence-electron chi connectivity index (χ4n) is 6.10. The Hall–Kier alpha value is -2.70. The standard InChI is InChI=1S/C25H33N3O4/c1-15(16-7-5-4-6-8-16)24(32)28-13-18-12-25(2,3)20(18)21(28)23(31)27-19(14-29)11-17-9-10-26-22(17)30/h4-8,14-15,17-21H,9-13H2,1-3H3,(H,26,30)(H,27,31)/t15-,17-,18-,19-,20-,21-/m0/s1. The number of hydrogen-bond donors (Lipinski definition) is 2. The van der Waals surface area contributed by atoms with Gasteiger partial charge in [0.15, 0.2) is 0 Å². The molecule has 6 atom stereocenters. The molecule has 2 N–H and O–H groups in total. The zero-order valence-corrected chi connectivity index (χ0v) is 19.0. The highest BCUT2D eigenvalue weighted by Crippen LogP contribution is 2.57. The molecule has 0 bridgehead atoms. The molecule has 1 aromatic rings. The molecule has 7 heteroatoms. The first kappa shape index (κ1) is 22.5. The minimum absolute atomic E-state index is 0.0420. The zero-order valence-electron chi connectivity index (χ0n) is 19.0. The molecule has 32 heavy (non-hydrogen) atoms. The number of carbonyl (C=O) groups excluding carboxylic acids is 4. The van der Waals surface area contributed by atoms with Crippen molar-refractivity contribution in [3.8, 4) is 0 Å². The number of fused-ring (bicyclic) bond motifs is 1. The summed E-state index contributed by atoms with van der Waals surface area (Å²) in [6.07, 6.45) is 2.64. The van der Waals surface area contributed by atoms with Crippen LogP contribution < -0.4 is 10.6 Å². The van der Waals surface area contributed by atoms with E-state index in [1.54, 1.807) is 4.90 Å². The Morgan fingerprint density at radius 2 is 2.00 bits per heavy atom. The van der Waals surface area contributed by atoms with Gasteiger partial charge in [0.1, 0.15) is 12.3 Å². The summed E-state index contributed by atoms with van der Waals surface area (Å²) < 4.78 is 0. The number of aldehydes is 1. The van der Waals surface area contributed by atoms with Crippen LogP contribution in [0.25, 0.3) is 0 Å². The molecule has 0 aromatic heterocycles. The van der Waals surface area contributed by atoms with E-state index in [0.29, 0.717) is 38.1 Å². The van der Waals surface area contributed by atoms with Crippen molar-refractivity contribution in [2.24, 2.45) is 23.2 Å². The van der Waals surface area contributed by atoms with Crippen LogP contribution in [-0.4, -0.2) is 54.1 Å². The molecule has 172 valence electrons. The van der Waals surface area contributed by atoms with E-state index in [1.165, 1.54) is 0 Å². The molecule has 3 fully saturated rings. The largest absolute Gasteiger partial charge is 0.356 e. The average molecular weight is 440 g/mol. The molecule has 0 spiro atoms. The summed E-state index contributed by atoms with van der Waals surface area (Å²) in [6.45, 7) is 7.33. The Labute approximate surface area is 189 Å². The monoisotopic (exact) mass is 439 g/mol. The van der Waals surface area contributed by atoms with Crippen LogP contribution in [0, 0.1) is 23.2 Å². The van der Waals surface area contributed by atoms with E-state index >= 15 is 0 Å². The van der Waals surface area contributed by atoms with Crippen molar-refractivity contribution in [3.63, 3.8) is 0 Å². The van der Waals surface area contributed by atoms with Crippen LogP contribution in [0.2, 0.25) is 0 Å². The average Bonchev–Trinajstić information content (AvgIpc) is 3.33. The first-order valence-electron chi connectivity index (χ1n) is 11.6. The van der Waals surface area contributed by atoms with Gasteiger partial charge in [-0.3, -0.25) is 14.4 Å². The third kappa shape index (κ3) is 4.05. The minimum atomic E-state index is -0.734. The maximum Gasteiger partial charge on any atom is 0.243 e. The van der Waals surface area contributed by atoms with Gasteiger partial charge in [-0.15, -0.1) is 0 Å². The van der Waals surface area contributed by atoms with Gasteiger partial charge in [0.2, 0.25) is 17.7 Å². The van der Waals surface area contributed by atoms with Gasteiger partial charge in [0.05, 0.1) is 12.0 Å². The van der Waals surface area contributed by atoms with Crippen LogP contribution in [0.3, 0.4) is 0 Å². The van der Waals surface area contributed by atoms with E-state index in [2.05, 4.69) is 24.5 Å². The van der Waals surface area contributed by atoms with E-state index < -0.39 is 12.1 Å². The van der Waals surface area contributed by atoms with Gasteiger partial charge in [-0.05, 0) is 49.0 Å². The lowest BCUT2D eigenvalue weighted by Crippen LogP contribution is -2.56. The highest BCUT2D eigenvalue weighted by molar-refractivity contribution is 5.92. The Bertz CT molecular complexity index is 900. The smallest absolute Gasteiger partial charge is 0.243 e. The van der Waals surface area contributed by atoms with Gasteiger partial charge >= 0.3 is 0 Å². The second kappa shape index (κ2) is 8.68. The Morgan fingerprint density at radius 3 is 2.59 bits per heavy atom. The van der Waals surface area contributed by atoms with Crippen LogP contribution in [0.15, 0.2) is 30.3 Å². The highest BCUT2D eigenvalue weighted by Gasteiger charge is 2.60. The molecular formula is C25H33N3O4. The SMILES string of the molecule is C[C@H](C(=O)N1C[C@@H]2CC(C)(C)[C@@H]2[C@H]1C(=O)N[C@H](C=O)C[C@@H]1CCNC1=O)c1ccccc1. The summed E-state index contributed by atoms with van der Waals surface area (Å²) in [5.74, 6) is -0.664. The van der Waals surface area contributed by atoms with Crippen LogP contribution in [0.1, 0.15) is 51.5 Å². The molecule has 3 aliphatic rings. The van der Waals surface area contributed by atoms with Gasteiger partial charge in [-0.25, -0.2) is 0 Å². The number of hydrogen-bond acceptors (Lipinski definition) is 4. The molecule has 4 rings (SSSR count). The number of nitrogens with zero attached hydrogens (tertiary/aromatic N) is 1. The lowest BCUT2D eigenvalue weighted by Gasteiger charge is -2.49. The molecule has 2 saturated heterocycles. The van der Waals surface area contributed by atoms with E-state index in [1.807, 2.05) is 37.3 Å². The van der Waals surface area contributed by atoms with Crippen molar-refractivity contribution in [2.75, 3.05) is 13.1 Å². The second-order valence-corrected chi connectivity index (χ2v) is 10.3. The molecule has 1 aliphatic carbocycles. The number of benzene rings is 1. The third-order valence-corrected chi connectivity index (χ3v) is 7.72.